The molecule has 4 unspecified atom stereocenters. The molecule has 310 valence electrons. The Morgan fingerprint density at radius 2 is 1.05 bits per heavy atom. The first-order valence-corrected chi connectivity index (χ1v) is 21.8. The van der Waals surface area contributed by atoms with E-state index in [4.69, 9.17) is 19.4 Å². The Morgan fingerprint density at radius 1 is 0.638 bits per heavy atom. The lowest BCUT2D eigenvalue weighted by Crippen LogP contribution is -2.46. The Balaban J connectivity index is 1.30. The molecule has 0 saturated carbocycles. The van der Waals surface area contributed by atoms with Crippen molar-refractivity contribution in [2.45, 2.75) is 59.8 Å². The Hall–Kier alpha value is -4.32. The minimum absolute atomic E-state index is 0.224. The van der Waals surface area contributed by atoms with Crippen molar-refractivity contribution in [3.63, 3.8) is 0 Å². The van der Waals surface area contributed by atoms with Crippen molar-refractivity contribution in [3.05, 3.63) is 72.1 Å². The van der Waals surface area contributed by atoms with E-state index in [0.29, 0.717) is 74.4 Å². The molecule has 4 amide bonds. The maximum Gasteiger partial charge on any atom is 0.250 e. The summed E-state index contributed by atoms with van der Waals surface area (Å²) in [5, 5.41) is 7.55. The van der Waals surface area contributed by atoms with Crippen LogP contribution in [0.1, 0.15) is 48.9 Å². The molecule has 2 N–H and O–H groups in total. The van der Waals surface area contributed by atoms with E-state index in [0.717, 1.165) is 33.4 Å². The zero-order chi connectivity index (χ0) is 41.3. The summed E-state index contributed by atoms with van der Waals surface area (Å²) in [5.74, 6) is -1.06. The molecule has 4 atom stereocenters. The van der Waals surface area contributed by atoms with Gasteiger partial charge in [-0.25, -0.2) is 0 Å². The molecule has 16 heteroatoms. The molecule has 58 heavy (non-hydrogen) atoms. The maximum absolute atomic E-state index is 14.1. The van der Waals surface area contributed by atoms with E-state index >= 15 is 0 Å². The summed E-state index contributed by atoms with van der Waals surface area (Å²) in [6, 6.07) is 13.3. The average molecular weight is 831 g/mol. The number of ether oxygens (including phenoxy) is 2. The predicted octanol–water partition coefficient (Wildman–Crippen LogP) is 4.30. The summed E-state index contributed by atoms with van der Waals surface area (Å²) >= 11 is 0. The van der Waals surface area contributed by atoms with Crippen LogP contribution in [0.25, 0.3) is 21.8 Å². The van der Waals surface area contributed by atoms with Crippen LogP contribution in [0.3, 0.4) is 0 Å². The summed E-state index contributed by atoms with van der Waals surface area (Å²) in [6.45, 7) is 3.35. The van der Waals surface area contributed by atoms with Gasteiger partial charge < -0.3 is 39.7 Å². The SMILES string of the molecule is CN(C)CCN(C)C(=O)C(NC(=O)C1CCCO1)c1ccc(SSc2ccc(C(NC(=O)C3CCCO3)C(=O)N(C)CCN(C)C)c3cccnc23)c2ncccc12. The third-order valence-corrected chi connectivity index (χ3v) is 12.8. The number of pyridine rings is 2. The molecule has 0 spiro atoms. The van der Waals surface area contributed by atoms with E-state index in [9.17, 15) is 19.2 Å². The topological polar surface area (TPSA) is 150 Å². The molecule has 0 aliphatic carbocycles. The maximum atomic E-state index is 14.1. The number of benzene rings is 2. The van der Waals surface area contributed by atoms with Crippen LogP contribution < -0.4 is 10.6 Å². The second kappa shape index (κ2) is 20.1. The number of hydrogen-bond acceptors (Lipinski definition) is 12. The number of likely N-dealkylation sites (N-methyl/N-ethyl adjacent to an activating group) is 4. The third kappa shape index (κ3) is 10.5. The fourth-order valence-corrected chi connectivity index (χ4v) is 9.27. The Morgan fingerprint density at radius 3 is 1.41 bits per heavy atom. The Kier molecular flexibility index (Phi) is 15.0. The van der Waals surface area contributed by atoms with E-state index in [1.807, 2.05) is 86.5 Å². The van der Waals surface area contributed by atoms with Crippen LogP contribution in [0.15, 0.2) is 70.7 Å². The molecule has 6 rings (SSSR count). The number of hydrogen-bond donors (Lipinski definition) is 2. The number of rotatable bonds is 17. The molecule has 4 aromatic rings. The molecule has 2 aromatic carbocycles. The summed E-state index contributed by atoms with van der Waals surface area (Å²) in [5.41, 5.74) is 2.68. The van der Waals surface area contributed by atoms with E-state index in [-0.39, 0.29) is 23.6 Å². The van der Waals surface area contributed by atoms with Crippen molar-refractivity contribution < 1.29 is 28.7 Å². The molecular weight excluding hydrogens is 777 g/mol. The lowest BCUT2D eigenvalue weighted by Gasteiger charge is -2.28. The number of nitrogens with zero attached hydrogens (tertiary/aromatic N) is 6. The molecule has 2 aliphatic heterocycles. The van der Waals surface area contributed by atoms with Gasteiger partial charge in [-0.2, -0.15) is 0 Å². The highest BCUT2D eigenvalue weighted by Crippen LogP contribution is 2.44. The van der Waals surface area contributed by atoms with Gasteiger partial charge in [-0.05, 0) is 89.3 Å². The second-order valence-corrected chi connectivity index (χ2v) is 17.5. The quantitative estimate of drug-likeness (QED) is 0.146. The van der Waals surface area contributed by atoms with Crippen molar-refractivity contribution in [1.29, 1.82) is 0 Å². The predicted molar refractivity (Wildman–Crippen MR) is 227 cm³/mol. The van der Waals surface area contributed by atoms with Gasteiger partial charge in [0.2, 0.25) is 23.6 Å². The van der Waals surface area contributed by atoms with Crippen LogP contribution in [0.4, 0.5) is 0 Å². The summed E-state index contributed by atoms with van der Waals surface area (Å²) < 4.78 is 11.3. The fourth-order valence-electron chi connectivity index (χ4n) is 7.01. The highest BCUT2D eigenvalue weighted by Gasteiger charge is 2.34. The van der Waals surface area contributed by atoms with Gasteiger partial charge in [-0.1, -0.05) is 45.9 Å². The number of carbonyl (C=O) groups is 4. The third-order valence-electron chi connectivity index (χ3n) is 10.4. The highest BCUT2D eigenvalue weighted by atomic mass is 33.1. The van der Waals surface area contributed by atoms with Crippen LogP contribution in [0.2, 0.25) is 0 Å². The molecule has 14 nitrogen and oxygen atoms in total. The largest absolute Gasteiger partial charge is 0.368 e. The molecule has 2 saturated heterocycles. The van der Waals surface area contributed by atoms with Crippen LogP contribution in [-0.4, -0.2) is 147 Å². The molecule has 4 heterocycles. The number of fused-ring (bicyclic) bond motifs is 2. The summed E-state index contributed by atoms with van der Waals surface area (Å²) in [6.07, 6.45) is 5.05. The van der Waals surface area contributed by atoms with E-state index < -0.39 is 24.3 Å². The summed E-state index contributed by atoms with van der Waals surface area (Å²) in [7, 11) is 14.3. The van der Waals surface area contributed by atoms with Crippen molar-refractivity contribution in [2.75, 3.05) is 81.7 Å². The van der Waals surface area contributed by atoms with Crippen molar-refractivity contribution >= 4 is 67.0 Å². The lowest BCUT2D eigenvalue weighted by atomic mass is 9.99. The van der Waals surface area contributed by atoms with Crippen LogP contribution in [-0.2, 0) is 28.7 Å². The minimum atomic E-state index is -0.943. The van der Waals surface area contributed by atoms with Gasteiger partial charge >= 0.3 is 0 Å². The number of nitrogens with one attached hydrogen (secondary N) is 2. The minimum Gasteiger partial charge on any atom is -0.368 e. The van der Waals surface area contributed by atoms with Crippen molar-refractivity contribution in [2.24, 2.45) is 0 Å². The van der Waals surface area contributed by atoms with E-state index in [2.05, 4.69) is 10.6 Å². The van der Waals surface area contributed by atoms with Gasteiger partial charge in [0.15, 0.2) is 0 Å². The standard InChI is InChI=1S/C42H54N8O6S2/c1-47(2)21-23-49(5)41(53)37(45-39(51)31-13-9-25-55-31)29-15-17-33(35-27(29)11-7-19-43-35)57-58-34-18-16-30(28-12-8-20-44-36(28)34)38(42(54)50(6)24-22-48(3)4)46-40(52)32-14-10-26-56-32/h7-8,11-12,15-20,31-32,37-38H,9-10,13-14,21-26H2,1-6H3,(H,45,51)(H,46,52). The highest BCUT2D eigenvalue weighted by molar-refractivity contribution is 8.76. The van der Waals surface area contributed by atoms with Gasteiger partial charge in [-0.15, -0.1) is 0 Å². The first-order chi connectivity index (χ1) is 27.9. The second-order valence-electron chi connectivity index (χ2n) is 15.3. The van der Waals surface area contributed by atoms with Crippen LogP contribution >= 0.6 is 21.6 Å². The van der Waals surface area contributed by atoms with Crippen molar-refractivity contribution in [1.82, 2.24) is 40.2 Å². The zero-order valence-electron chi connectivity index (χ0n) is 34.1. The average Bonchev–Trinajstić information content (AvgIpc) is 3.98. The monoisotopic (exact) mass is 830 g/mol. The van der Waals surface area contributed by atoms with E-state index in [1.165, 1.54) is 21.6 Å². The number of carbonyl (C=O) groups excluding carboxylic acids is 4. The van der Waals surface area contributed by atoms with Gasteiger partial charge in [0.25, 0.3) is 0 Å². The van der Waals surface area contributed by atoms with E-state index in [1.54, 1.807) is 36.3 Å². The fraction of sp³-hybridized carbons (Fsp3) is 0.476. The normalized spacial score (nSPS) is 17.8. The van der Waals surface area contributed by atoms with Gasteiger partial charge in [0.05, 0.1) is 11.0 Å². The molecule has 2 aliphatic rings. The van der Waals surface area contributed by atoms with Gasteiger partial charge in [-0.3, -0.25) is 29.1 Å². The van der Waals surface area contributed by atoms with Crippen molar-refractivity contribution in [3.8, 4) is 0 Å². The first kappa shape index (κ1) is 43.3. The Labute approximate surface area is 348 Å². The molecule has 0 bridgehead atoms. The lowest BCUT2D eigenvalue weighted by molar-refractivity contribution is -0.138. The van der Waals surface area contributed by atoms with Gasteiger partial charge in [0.1, 0.15) is 24.3 Å². The number of aromatic nitrogens is 2. The molecule has 2 fully saturated rings. The molecular formula is C42H54N8O6S2. The first-order valence-electron chi connectivity index (χ1n) is 19.7. The zero-order valence-corrected chi connectivity index (χ0v) is 35.7. The van der Waals surface area contributed by atoms with Crippen LogP contribution in [0, 0.1) is 0 Å². The molecule has 0 radical (unpaired) electrons. The van der Waals surface area contributed by atoms with Gasteiger partial charge in [0, 0.05) is 86.4 Å². The number of amides is 4. The summed E-state index contributed by atoms with van der Waals surface area (Å²) in [4.78, 5) is 73.5. The molecule has 2 aromatic heterocycles. The smallest absolute Gasteiger partial charge is 0.250 e. The van der Waals surface area contributed by atoms with Crippen LogP contribution in [0.5, 0.6) is 0 Å². The Bertz CT molecular complexity index is 1940.